The highest BCUT2D eigenvalue weighted by Gasteiger charge is 2.27. The lowest BCUT2D eigenvalue weighted by atomic mass is 9.85. The Kier molecular flexibility index (Phi) is 4.94. The Bertz CT molecular complexity index is 527. The number of allylic oxidation sites excluding steroid dienone is 2. The van der Waals surface area contributed by atoms with Crippen LogP contribution in [0.2, 0.25) is 0 Å². The molecule has 0 amide bonds. The molecule has 0 unspecified atom stereocenters. The van der Waals surface area contributed by atoms with Crippen molar-refractivity contribution < 1.29 is 9.88 Å². The number of hydrogen-bond acceptors (Lipinski definition) is 1. The molecule has 1 saturated heterocycles. The summed E-state index contributed by atoms with van der Waals surface area (Å²) in [6.45, 7) is 12.3. The number of quaternary nitrogens is 1. The number of H-pyrrole nitrogens is 1. The lowest BCUT2D eigenvalue weighted by molar-refractivity contribution is -0.896. The Hall–Kier alpha value is -1.61. The van der Waals surface area contributed by atoms with Crippen molar-refractivity contribution in [1.82, 2.24) is 0 Å². The summed E-state index contributed by atoms with van der Waals surface area (Å²) in [5.74, 6) is 1.98. The molecule has 2 N–H and O–H groups in total. The van der Waals surface area contributed by atoms with Crippen LogP contribution in [-0.2, 0) is 0 Å². The Morgan fingerprint density at radius 2 is 2.18 bits per heavy atom. The zero-order valence-corrected chi connectivity index (χ0v) is 13.8. The molecule has 1 atom stereocenters. The first-order valence-corrected chi connectivity index (χ1v) is 8.61. The van der Waals surface area contributed by atoms with E-state index in [1.807, 2.05) is 12.3 Å². The summed E-state index contributed by atoms with van der Waals surface area (Å²) in [6.07, 6.45) is 8.30. The predicted octanol–water partition coefficient (Wildman–Crippen LogP) is 1.51. The first kappa shape index (κ1) is 15.3. The fourth-order valence-electron chi connectivity index (χ4n) is 3.64. The summed E-state index contributed by atoms with van der Waals surface area (Å²) in [6, 6.07) is 6.32. The van der Waals surface area contributed by atoms with E-state index in [2.05, 4.69) is 41.6 Å². The highest BCUT2D eigenvalue weighted by atomic mass is 15.3. The quantitative estimate of drug-likeness (QED) is 0.836. The minimum absolute atomic E-state index is 0.726. The number of nitrogens with one attached hydrogen (secondary N) is 2. The standard InChI is InChI=1S/C19H27N3/c1-16(2)18-8-6-17(7-9-18)15-21-11-13-22(14-12-21)19-5-3-4-10-20-19/h3-6,10,18H,1,7-9,11-15H2,2H3/p+2/t18-/m1/s1. The maximum Gasteiger partial charge on any atom is 0.274 e. The van der Waals surface area contributed by atoms with Crippen LogP contribution in [0.3, 0.4) is 0 Å². The maximum atomic E-state index is 4.11. The molecular formula is C19H29N3+2. The van der Waals surface area contributed by atoms with Gasteiger partial charge in [0.05, 0.1) is 12.7 Å². The number of nitrogens with zero attached hydrogens (tertiary/aromatic N) is 1. The molecular weight excluding hydrogens is 270 g/mol. The first-order valence-electron chi connectivity index (χ1n) is 8.61. The van der Waals surface area contributed by atoms with Gasteiger partial charge in [0.25, 0.3) is 5.82 Å². The van der Waals surface area contributed by atoms with E-state index in [0.717, 1.165) is 19.0 Å². The third-order valence-corrected chi connectivity index (χ3v) is 5.18. The summed E-state index contributed by atoms with van der Waals surface area (Å²) in [4.78, 5) is 7.56. The lowest BCUT2D eigenvalue weighted by Gasteiger charge is -2.30. The second kappa shape index (κ2) is 7.10. The number of piperazine rings is 1. The number of aromatic amines is 1. The van der Waals surface area contributed by atoms with Gasteiger partial charge in [-0.15, -0.1) is 0 Å². The van der Waals surface area contributed by atoms with Crippen LogP contribution in [0.25, 0.3) is 0 Å². The highest BCUT2D eigenvalue weighted by molar-refractivity contribution is 5.31. The Labute approximate surface area is 134 Å². The van der Waals surface area contributed by atoms with E-state index in [1.54, 1.807) is 10.5 Å². The fraction of sp³-hybridized carbons (Fsp3) is 0.526. The molecule has 3 rings (SSSR count). The van der Waals surface area contributed by atoms with Crippen LogP contribution in [-0.4, -0.2) is 32.7 Å². The van der Waals surface area contributed by atoms with Crippen molar-refractivity contribution >= 4 is 5.82 Å². The second-order valence-corrected chi connectivity index (χ2v) is 6.84. The summed E-state index contributed by atoms with van der Waals surface area (Å²) in [7, 11) is 0. The van der Waals surface area contributed by atoms with Gasteiger partial charge in [0.1, 0.15) is 26.2 Å². The third kappa shape index (κ3) is 3.77. The van der Waals surface area contributed by atoms with Gasteiger partial charge >= 0.3 is 0 Å². The molecule has 1 aliphatic carbocycles. The minimum atomic E-state index is 0.726. The average Bonchev–Trinajstić information content (AvgIpc) is 2.57. The lowest BCUT2D eigenvalue weighted by Crippen LogP contribution is -3.15. The fourth-order valence-corrected chi connectivity index (χ4v) is 3.64. The van der Waals surface area contributed by atoms with E-state index >= 15 is 0 Å². The van der Waals surface area contributed by atoms with Crippen LogP contribution >= 0.6 is 0 Å². The van der Waals surface area contributed by atoms with Gasteiger partial charge in [-0.2, -0.15) is 0 Å². The molecule has 0 aromatic carbocycles. The number of aromatic nitrogens is 1. The molecule has 1 aromatic rings. The minimum Gasteiger partial charge on any atom is -0.325 e. The summed E-state index contributed by atoms with van der Waals surface area (Å²) in [5, 5.41) is 0. The van der Waals surface area contributed by atoms with Crippen molar-refractivity contribution in [3.05, 3.63) is 48.2 Å². The molecule has 118 valence electrons. The molecule has 22 heavy (non-hydrogen) atoms. The van der Waals surface area contributed by atoms with Crippen LogP contribution in [0.15, 0.2) is 48.2 Å². The van der Waals surface area contributed by atoms with Crippen LogP contribution < -0.4 is 14.8 Å². The summed E-state index contributed by atoms with van der Waals surface area (Å²) in [5.41, 5.74) is 3.03. The van der Waals surface area contributed by atoms with Crippen molar-refractivity contribution in [3.8, 4) is 0 Å². The molecule has 0 spiro atoms. The van der Waals surface area contributed by atoms with Crippen molar-refractivity contribution in [1.29, 1.82) is 0 Å². The van der Waals surface area contributed by atoms with Gasteiger partial charge in [-0.1, -0.05) is 24.3 Å². The maximum absolute atomic E-state index is 4.11. The first-order chi connectivity index (χ1) is 10.7. The van der Waals surface area contributed by atoms with Crippen LogP contribution in [0.4, 0.5) is 5.82 Å². The molecule has 0 radical (unpaired) electrons. The third-order valence-electron chi connectivity index (χ3n) is 5.18. The van der Waals surface area contributed by atoms with Gasteiger partial charge in [-0.05, 0) is 43.7 Å². The molecule has 3 nitrogen and oxygen atoms in total. The molecule has 1 aromatic heterocycles. The van der Waals surface area contributed by atoms with E-state index in [-0.39, 0.29) is 0 Å². The number of pyridine rings is 1. The van der Waals surface area contributed by atoms with Crippen molar-refractivity contribution in [3.63, 3.8) is 0 Å². The number of anilines is 1. The highest BCUT2D eigenvalue weighted by Crippen LogP contribution is 2.27. The van der Waals surface area contributed by atoms with Crippen LogP contribution in [0, 0.1) is 5.92 Å². The largest absolute Gasteiger partial charge is 0.325 e. The van der Waals surface area contributed by atoms with E-state index in [4.69, 9.17) is 0 Å². The summed E-state index contributed by atoms with van der Waals surface area (Å²) < 4.78 is 0. The van der Waals surface area contributed by atoms with E-state index < -0.39 is 0 Å². The molecule has 0 bridgehead atoms. The van der Waals surface area contributed by atoms with Gasteiger partial charge in [-0.25, -0.2) is 4.98 Å². The summed E-state index contributed by atoms with van der Waals surface area (Å²) >= 11 is 0. The van der Waals surface area contributed by atoms with Gasteiger partial charge in [-0.3, -0.25) is 4.90 Å². The normalized spacial score (nSPS) is 23.2. The Morgan fingerprint density at radius 1 is 1.36 bits per heavy atom. The molecule has 2 aliphatic rings. The topological polar surface area (TPSA) is 21.8 Å². The van der Waals surface area contributed by atoms with Crippen LogP contribution in [0.1, 0.15) is 26.2 Å². The van der Waals surface area contributed by atoms with Crippen molar-refractivity contribution in [2.75, 3.05) is 37.6 Å². The van der Waals surface area contributed by atoms with Crippen molar-refractivity contribution in [2.24, 2.45) is 5.92 Å². The molecule has 1 fully saturated rings. The molecule has 2 heterocycles. The van der Waals surface area contributed by atoms with Gasteiger partial charge < -0.3 is 4.90 Å². The Morgan fingerprint density at radius 3 is 2.77 bits per heavy atom. The SMILES string of the molecule is C=C(C)[C@@H]1CC=C(C[NH+]2CCN(c3cccc[nH+]3)CC2)CC1. The monoisotopic (exact) mass is 299 g/mol. The molecule has 3 heteroatoms. The Balaban J connectivity index is 1.48. The number of rotatable bonds is 4. The van der Waals surface area contributed by atoms with Gasteiger partial charge in [0.2, 0.25) is 0 Å². The van der Waals surface area contributed by atoms with E-state index in [9.17, 15) is 0 Å². The van der Waals surface area contributed by atoms with Gasteiger partial charge in [0.15, 0.2) is 0 Å². The van der Waals surface area contributed by atoms with E-state index in [1.165, 1.54) is 50.3 Å². The zero-order valence-electron chi connectivity index (χ0n) is 13.8. The van der Waals surface area contributed by atoms with Gasteiger partial charge in [0, 0.05) is 6.07 Å². The number of hydrogen-bond donors (Lipinski definition) is 1. The van der Waals surface area contributed by atoms with Crippen molar-refractivity contribution in [2.45, 2.75) is 26.2 Å². The molecule has 0 saturated carbocycles. The van der Waals surface area contributed by atoms with E-state index in [0.29, 0.717) is 0 Å². The average molecular weight is 299 g/mol. The predicted molar refractivity (Wildman–Crippen MR) is 91.0 cm³/mol. The zero-order chi connectivity index (χ0) is 15.4. The van der Waals surface area contributed by atoms with Crippen LogP contribution in [0.5, 0.6) is 0 Å². The smallest absolute Gasteiger partial charge is 0.274 e. The second-order valence-electron chi connectivity index (χ2n) is 6.84. The molecule has 1 aliphatic heterocycles.